The summed E-state index contributed by atoms with van der Waals surface area (Å²) in [5, 5.41) is 6.15. The zero-order valence-corrected chi connectivity index (χ0v) is 9.08. The van der Waals surface area contributed by atoms with Crippen LogP contribution in [-0.2, 0) is 6.54 Å². The van der Waals surface area contributed by atoms with Crippen molar-refractivity contribution in [1.29, 1.82) is 0 Å². The van der Waals surface area contributed by atoms with Crippen LogP contribution in [0.3, 0.4) is 0 Å². The highest BCUT2D eigenvalue weighted by Gasteiger charge is 2.08. The molecule has 7 heteroatoms. The lowest BCUT2D eigenvalue weighted by Crippen LogP contribution is -2.04. The van der Waals surface area contributed by atoms with Crippen molar-refractivity contribution in [2.75, 3.05) is 5.32 Å². The van der Waals surface area contributed by atoms with Gasteiger partial charge in [-0.1, -0.05) is 0 Å². The lowest BCUT2D eigenvalue weighted by molar-refractivity contribution is 0.0569. The number of hydrogen-bond donors (Lipinski definition) is 1. The monoisotopic (exact) mass is 259 g/mol. The number of nitrogens with one attached hydrogen (secondary N) is 1. The molecule has 2 aromatic rings. The van der Waals surface area contributed by atoms with Gasteiger partial charge in [0.15, 0.2) is 0 Å². The predicted molar refractivity (Wildman–Crippen MR) is 57.2 cm³/mol. The van der Waals surface area contributed by atoms with Gasteiger partial charge in [-0.2, -0.15) is 13.9 Å². The summed E-state index contributed by atoms with van der Waals surface area (Å²) in [4.78, 5) is 0. The van der Waals surface area contributed by atoms with Crippen LogP contribution < -0.4 is 5.32 Å². The van der Waals surface area contributed by atoms with E-state index in [0.717, 1.165) is 24.4 Å². The molecule has 0 amide bonds. The summed E-state index contributed by atoms with van der Waals surface area (Å²) in [5.41, 5.74) is 0.0987. The Morgan fingerprint density at radius 2 is 2.00 bits per heavy atom. The first-order chi connectivity index (χ1) is 8.56. The van der Waals surface area contributed by atoms with Gasteiger partial charge in [0.25, 0.3) is 0 Å². The van der Waals surface area contributed by atoms with E-state index in [1.165, 1.54) is 6.07 Å². The van der Waals surface area contributed by atoms with Crippen LogP contribution in [0, 0.1) is 11.6 Å². The van der Waals surface area contributed by atoms with Crippen molar-refractivity contribution in [3.8, 4) is 0 Å². The van der Waals surface area contributed by atoms with E-state index in [0.29, 0.717) is 4.68 Å². The van der Waals surface area contributed by atoms with Gasteiger partial charge >= 0.3 is 6.55 Å². The summed E-state index contributed by atoms with van der Waals surface area (Å²) < 4.78 is 51.0. The summed E-state index contributed by atoms with van der Waals surface area (Å²) in [5.74, 6) is -0.970. The molecule has 0 aliphatic rings. The molecule has 3 nitrogen and oxygen atoms in total. The summed E-state index contributed by atoms with van der Waals surface area (Å²) >= 11 is 0. The van der Waals surface area contributed by atoms with Crippen molar-refractivity contribution < 1.29 is 17.6 Å². The second kappa shape index (κ2) is 5.07. The van der Waals surface area contributed by atoms with Gasteiger partial charge in [-0.25, -0.2) is 13.5 Å². The molecule has 0 fully saturated rings. The van der Waals surface area contributed by atoms with E-state index in [9.17, 15) is 17.6 Å². The highest BCUT2D eigenvalue weighted by Crippen LogP contribution is 2.14. The van der Waals surface area contributed by atoms with Gasteiger partial charge < -0.3 is 5.32 Å². The average Bonchev–Trinajstić information content (AvgIpc) is 2.79. The second-order valence-electron chi connectivity index (χ2n) is 3.55. The molecule has 0 saturated carbocycles. The number of halogens is 4. The third kappa shape index (κ3) is 2.79. The smallest absolute Gasteiger partial charge is 0.333 e. The number of alkyl halides is 2. The number of hydrogen-bond acceptors (Lipinski definition) is 2. The van der Waals surface area contributed by atoms with Gasteiger partial charge in [0, 0.05) is 24.4 Å². The molecule has 0 saturated heterocycles. The summed E-state index contributed by atoms with van der Waals surface area (Å²) in [6.45, 7) is -2.77. The highest BCUT2D eigenvalue weighted by atomic mass is 19.3. The molecule has 0 unspecified atom stereocenters. The molecule has 0 atom stereocenters. The van der Waals surface area contributed by atoms with Crippen molar-refractivity contribution in [3.05, 3.63) is 47.7 Å². The quantitative estimate of drug-likeness (QED) is 0.855. The van der Waals surface area contributed by atoms with E-state index in [2.05, 4.69) is 10.4 Å². The van der Waals surface area contributed by atoms with Crippen molar-refractivity contribution >= 4 is 5.82 Å². The largest absolute Gasteiger partial charge is 0.364 e. The van der Waals surface area contributed by atoms with E-state index >= 15 is 0 Å². The molecule has 0 aliphatic carbocycles. The Kier molecular flexibility index (Phi) is 3.50. The maximum atomic E-state index is 13.3. The third-order valence-corrected chi connectivity index (χ3v) is 2.28. The van der Waals surface area contributed by atoms with E-state index in [4.69, 9.17) is 0 Å². The van der Waals surface area contributed by atoms with Crippen LogP contribution in [0.25, 0.3) is 0 Å². The zero-order valence-electron chi connectivity index (χ0n) is 9.08. The number of anilines is 1. The maximum Gasteiger partial charge on any atom is 0.333 e. The second-order valence-corrected chi connectivity index (χ2v) is 3.55. The molecule has 1 N–H and O–H groups in total. The molecular formula is C11H9F4N3. The SMILES string of the molecule is Fc1ccc(F)c(CNc2ccn(C(F)F)n2)c1. The van der Waals surface area contributed by atoms with Gasteiger partial charge in [-0.15, -0.1) is 0 Å². The Hall–Kier alpha value is -2.05. The minimum atomic E-state index is -2.73. The van der Waals surface area contributed by atoms with Crippen LogP contribution in [0.15, 0.2) is 30.5 Å². The number of rotatable bonds is 4. The Balaban J connectivity index is 2.04. The van der Waals surface area contributed by atoms with Gasteiger partial charge in [0.05, 0.1) is 0 Å². The molecule has 2 rings (SSSR count). The first-order valence-electron chi connectivity index (χ1n) is 5.07. The summed E-state index contributed by atoms with van der Waals surface area (Å²) in [7, 11) is 0. The Morgan fingerprint density at radius 1 is 1.22 bits per heavy atom. The number of nitrogens with zero attached hydrogens (tertiary/aromatic N) is 2. The third-order valence-electron chi connectivity index (χ3n) is 2.28. The molecule has 96 valence electrons. The minimum absolute atomic E-state index is 0.0379. The summed E-state index contributed by atoms with van der Waals surface area (Å²) in [6.07, 6.45) is 1.09. The number of benzene rings is 1. The highest BCUT2D eigenvalue weighted by molar-refractivity contribution is 5.34. The van der Waals surface area contributed by atoms with Gasteiger partial charge in [0.2, 0.25) is 0 Å². The fraction of sp³-hybridized carbons (Fsp3) is 0.182. The van der Waals surface area contributed by atoms with Crippen molar-refractivity contribution in [2.45, 2.75) is 13.1 Å². The Morgan fingerprint density at radius 3 is 2.67 bits per heavy atom. The molecule has 18 heavy (non-hydrogen) atoms. The molecule has 0 spiro atoms. The van der Waals surface area contributed by atoms with E-state index in [-0.39, 0.29) is 17.9 Å². The fourth-order valence-electron chi connectivity index (χ4n) is 1.41. The van der Waals surface area contributed by atoms with E-state index in [1.54, 1.807) is 0 Å². The van der Waals surface area contributed by atoms with E-state index < -0.39 is 18.2 Å². The molecule has 0 aliphatic heterocycles. The molecule has 1 aromatic heterocycles. The Bertz CT molecular complexity index is 539. The van der Waals surface area contributed by atoms with E-state index in [1.807, 2.05) is 0 Å². The van der Waals surface area contributed by atoms with Crippen LogP contribution in [0.4, 0.5) is 23.4 Å². The van der Waals surface area contributed by atoms with Crippen LogP contribution >= 0.6 is 0 Å². The molecule has 0 bridgehead atoms. The van der Waals surface area contributed by atoms with Crippen LogP contribution in [0.2, 0.25) is 0 Å². The fourth-order valence-corrected chi connectivity index (χ4v) is 1.41. The maximum absolute atomic E-state index is 13.3. The van der Waals surface area contributed by atoms with Gasteiger partial charge in [0.1, 0.15) is 17.5 Å². The average molecular weight is 259 g/mol. The van der Waals surface area contributed by atoms with Crippen molar-refractivity contribution in [1.82, 2.24) is 9.78 Å². The van der Waals surface area contributed by atoms with Crippen LogP contribution in [-0.4, -0.2) is 9.78 Å². The lowest BCUT2D eigenvalue weighted by Gasteiger charge is -2.05. The van der Waals surface area contributed by atoms with Crippen LogP contribution in [0.1, 0.15) is 12.1 Å². The topological polar surface area (TPSA) is 29.9 Å². The molecular weight excluding hydrogens is 250 g/mol. The zero-order chi connectivity index (χ0) is 13.1. The standard InChI is InChI=1S/C11H9F4N3/c12-8-1-2-9(13)7(5-8)6-16-10-3-4-18(17-10)11(14)15/h1-5,11H,6H2,(H,16,17). The van der Waals surface area contributed by atoms with Gasteiger partial charge in [-0.05, 0) is 18.2 Å². The van der Waals surface area contributed by atoms with Gasteiger partial charge in [-0.3, -0.25) is 0 Å². The van der Waals surface area contributed by atoms with Crippen molar-refractivity contribution in [2.24, 2.45) is 0 Å². The van der Waals surface area contributed by atoms with Crippen LogP contribution in [0.5, 0.6) is 0 Å². The molecule has 1 aromatic carbocycles. The normalized spacial score (nSPS) is 10.9. The Labute approximate surface area is 100 Å². The summed E-state index contributed by atoms with van der Waals surface area (Å²) in [6, 6.07) is 4.37. The predicted octanol–water partition coefficient (Wildman–Crippen LogP) is 3.17. The minimum Gasteiger partial charge on any atom is -0.364 e. The van der Waals surface area contributed by atoms with Crippen molar-refractivity contribution in [3.63, 3.8) is 0 Å². The molecule has 1 heterocycles. The molecule has 0 radical (unpaired) electrons. The first-order valence-corrected chi connectivity index (χ1v) is 5.07. The number of aromatic nitrogens is 2. The lowest BCUT2D eigenvalue weighted by atomic mass is 10.2. The first kappa shape index (κ1) is 12.4.